The molecule has 2 nitrogen and oxygen atoms in total. The van der Waals surface area contributed by atoms with Crippen LogP contribution >= 0.6 is 11.8 Å². The maximum Gasteiger partial charge on any atom is 0.0422 e. The normalized spacial score (nSPS) is 12.4. The molecule has 18 heavy (non-hydrogen) atoms. The van der Waals surface area contributed by atoms with Gasteiger partial charge in [-0.1, -0.05) is 24.3 Å². The molecule has 0 saturated heterocycles. The topological polar surface area (TPSA) is 38.9 Å². The first-order chi connectivity index (χ1) is 8.70. The van der Waals surface area contributed by atoms with Crippen LogP contribution in [0.2, 0.25) is 0 Å². The van der Waals surface area contributed by atoms with Crippen molar-refractivity contribution in [2.45, 2.75) is 24.3 Å². The lowest BCUT2D eigenvalue weighted by Gasteiger charge is -2.15. The van der Waals surface area contributed by atoms with Gasteiger partial charge in [-0.25, -0.2) is 0 Å². The summed E-state index contributed by atoms with van der Waals surface area (Å²) in [6, 6.07) is 12.4. The van der Waals surface area contributed by atoms with Crippen LogP contribution in [-0.2, 0) is 6.42 Å². The molecule has 0 spiro atoms. The van der Waals surface area contributed by atoms with Gasteiger partial charge in [0.25, 0.3) is 0 Å². The van der Waals surface area contributed by atoms with Crippen LogP contribution < -0.4 is 5.73 Å². The highest BCUT2D eigenvalue weighted by atomic mass is 32.2. The Labute approximate surface area is 113 Å². The standard InChI is InChI=1S/C15H18N2S/c1-11-7-8-12(17-10-11)9-14(16)13-5-3-4-6-15(13)18-2/h3-8,10,14H,9,16H2,1-2H3. The minimum Gasteiger partial charge on any atom is -0.324 e. The fourth-order valence-electron chi connectivity index (χ4n) is 1.93. The summed E-state index contributed by atoms with van der Waals surface area (Å²) in [6.45, 7) is 2.04. The molecule has 0 fully saturated rings. The Bertz CT molecular complexity index is 508. The zero-order valence-electron chi connectivity index (χ0n) is 10.8. The molecule has 0 aliphatic rings. The zero-order chi connectivity index (χ0) is 13.0. The Morgan fingerprint density at radius 3 is 2.67 bits per heavy atom. The third-order valence-electron chi connectivity index (χ3n) is 2.94. The smallest absolute Gasteiger partial charge is 0.0422 e. The summed E-state index contributed by atoms with van der Waals surface area (Å²) >= 11 is 1.74. The first kappa shape index (κ1) is 13.1. The molecule has 1 atom stereocenters. The fraction of sp³-hybridized carbons (Fsp3) is 0.267. The van der Waals surface area contributed by atoms with Crippen LogP contribution in [0, 0.1) is 6.92 Å². The van der Waals surface area contributed by atoms with Gasteiger partial charge in [0.15, 0.2) is 0 Å². The molecule has 0 radical (unpaired) electrons. The summed E-state index contributed by atoms with van der Waals surface area (Å²) in [5.74, 6) is 0. The van der Waals surface area contributed by atoms with Crippen LogP contribution in [0.4, 0.5) is 0 Å². The summed E-state index contributed by atoms with van der Waals surface area (Å²) in [5.41, 5.74) is 9.71. The summed E-state index contributed by atoms with van der Waals surface area (Å²) < 4.78 is 0. The van der Waals surface area contributed by atoms with Crippen molar-refractivity contribution in [2.24, 2.45) is 5.73 Å². The molecular formula is C15H18N2S. The van der Waals surface area contributed by atoms with Gasteiger partial charge in [0.2, 0.25) is 0 Å². The monoisotopic (exact) mass is 258 g/mol. The number of hydrogen-bond acceptors (Lipinski definition) is 3. The molecule has 1 aromatic heterocycles. The van der Waals surface area contributed by atoms with Gasteiger partial charge in [0, 0.05) is 29.2 Å². The molecule has 1 unspecified atom stereocenters. The second-order valence-corrected chi connectivity index (χ2v) is 5.23. The highest BCUT2D eigenvalue weighted by Crippen LogP contribution is 2.26. The lowest BCUT2D eigenvalue weighted by molar-refractivity contribution is 0.693. The van der Waals surface area contributed by atoms with Crippen molar-refractivity contribution in [3.63, 3.8) is 0 Å². The Hall–Kier alpha value is -1.32. The van der Waals surface area contributed by atoms with Crippen molar-refractivity contribution in [1.29, 1.82) is 0 Å². The van der Waals surface area contributed by atoms with E-state index in [-0.39, 0.29) is 6.04 Å². The van der Waals surface area contributed by atoms with Gasteiger partial charge in [-0.2, -0.15) is 0 Å². The van der Waals surface area contributed by atoms with E-state index in [2.05, 4.69) is 35.5 Å². The molecule has 1 aromatic carbocycles. The number of nitrogens with zero attached hydrogens (tertiary/aromatic N) is 1. The second-order valence-electron chi connectivity index (χ2n) is 4.38. The highest BCUT2D eigenvalue weighted by Gasteiger charge is 2.11. The van der Waals surface area contributed by atoms with Gasteiger partial charge in [-0.15, -0.1) is 11.8 Å². The Balaban J connectivity index is 2.16. The van der Waals surface area contributed by atoms with Gasteiger partial charge >= 0.3 is 0 Å². The van der Waals surface area contributed by atoms with Crippen molar-refractivity contribution in [2.75, 3.05) is 6.26 Å². The minimum absolute atomic E-state index is 0.00357. The molecule has 0 bridgehead atoms. The maximum atomic E-state index is 6.29. The number of aryl methyl sites for hydroxylation is 1. The Kier molecular flexibility index (Phi) is 4.39. The number of aromatic nitrogens is 1. The van der Waals surface area contributed by atoms with Gasteiger partial charge in [0.05, 0.1) is 0 Å². The second kappa shape index (κ2) is 6.03. The number of hydrogen-bond donors (Lipinski definition) is 1. The summed E-state index contributed by atoms with van der Waals surface area (Å²) in [6.07, 6.45) is 4.75. The van der Waals surface area contributed by atoms with Crippen molar-refractivity contribution >= 4 is 11.8 Å². The number of benzene rings is 1. The molecular weight excluding hydrogens is 240 g/mol. The van der Waals surface area contributed by atoms with E-state index in [9.17, 15) is 0 Å². The van der Waals surface area contributed by atoms with Crippen molar-refractivity contribution < 1.29 is 0 Å². The van der Waals surface area contributed by atoms with Crippen LogP contribution in [0.1, 0.15) is 22.9 Å². The van der Waals surface area contributed by atoms with Crippen LogP contribution in [-0.4, -0.2) is 11.2 Å². The number of rotatable bonds is 4. The zero-order valence-corrected chi connectivity index (χ0v) is 11.6. The van der Waals surface area contributed by atoms with E-state index >= 15 is 0 Å². The van der Waals surface area contributed by atoms with Gasteiger partial charge < -0.3 is 5.73 Å². The average Bonchev–Trinajstić information content (AvgIpc) is 2.41. The molecule has 94 valence electrons. The molecule has 0 saturated carbocycles. The highest BCUT2D eigenvalue weighted by molar-refractivity contribution is 7.98. The van der Waals surface area contributed by atoms with Gasteiger partial charge in [0.1, 0.15) is 0 Å². The molecule has 2 rings (SSSR count). The van der Waals surface area contributed by atoms with Crippen LogP contribution in [0.25, 0.3) is 0 Å². The molecule has 2 aromatic rings. The Morgan fingerprint density at radius 1 is 1.22 bits per heavy atom. The van der Waals surface area contributed by atoms with Crippen molar-refractivity contribution in [3.05, 3.63) is 59.4 Å². The number of thioether (sulfide) groups is 1. The predicted octanol–water partition coefficient (Wildman–Crippen LogP) is 3.35. The third kappa shape index (κ3) is 3.12. The summed E-state index contributed by atoms with van der Waals surface area (Å²) in [7, 11) is 0. The average molecular weight is 258 g/mol. The molecule has 0 aliphatic heterocycles. The molecule has 1 heterocycles. The third-order valence-corrected chi connectivity index (χ3v) is 3.75. The van der Waals surface area contributed by atoms with E-state index in [0.29, 0.717) is 0 Å². The van der Waals surface area contributed by atoms with Crippen LogP contribution in [0.15, 0.2) is 47.5 Å². The van der Waals surface area contributed by atoms with E-state index in [1.165, 1.54) is 16.0 Å². The quantitative estimate of drug-likeness (QED) is 0.855. The van der Waals surface area contributed by atoms with Gasteiger partial charge in [-0.3, -0.25) is 4.98 Å². The van der Waals surface area contributed by atoms with E-state index in [0.717, 1.165) is 12.1 Å². The maximum absolute atomic E-state index is 6.29. The fourth-order valence-corrected chi connectivity index (χ4v) is 2.60. The number of pyridine rings is 1. The predicted molar refractivity (Wildman–Crippen MR) is 77.8 cm³/mol. The van der Waals surface area contributed by atoms with Crippen molar-refractivity contribution in [1.82, 2.24) is 4.98 Å². The first-order valence-electron chi connectivity index (χ1n) is 6.00. The summed E-state index contributed by atoms with van der Waals surface area (Å²) in [4.78, 5) is 5.66. The molecule has 0 aliphatic carbocycles. The molecule has 3 heteroatoms. The largest absolute Gasteiger partial charge is 0.324 e. The van der Waals surface area contributed by atoms with E-state index in [1.807, 2.05) is 25.3 Å². The van der Waals surface area contributed by atoms with Crippen molar-refractivity contribution in [3.8, 4) is 0 Å². The van der Waals surface area contributed by atoms with Gasteiger partial charge in [-0.05, 0) is 36.4 Å². The SMILES string of the molecule is CSc1ccccc1C(N)Cc1ccc(C)cn1. The minimum atomic E-state index is 0.00357. The lowest BCUT2D eigenvalue weighted by atomic mass is 10.0. The number of nitrogens with two attached hydrogens (primary N) is 1. The molecule has 0 amide bonds. The van der Waals surface area contributed by atoms with E-state index < -0.39 is 0 Å². The van der Waals surface area contributed by atoms with E-state index in [1.54, 1.807) is 11.8 Å². The first-order valence-corrected chi connectivity index (χ1v) is 7.23. The van der Waals surface area contributed by atoms with Crippen LogP contribution in [0.3, 0.4) is 0 Å². The lowest BCUT2D eigenvalue weighted by Crippen LogP contribution is -2.15. The summed E-state index contributed by atoms with van der Waals surface area (Å²) in [5, 5.41) is 0. The Morgan fingerprint density at radius 2 is 2.00 bits per heavy atom. The van der Waals surface area contributed by atoms with Crippen LogP contribution in [0.5, 0.6) is 0 Å². The van der Waals surface area contributed by atoms with E-state index in [4.69, 9.17) is 5.73 Å². The molecule has 2 N–H and O–H groups in total.